The summed E-state index contributed by atoms with van der Waals surface area (Å²) in [7, 11) is 0. The van der Waals surface area contributed by atoms with Crippen molar-refractivity contribution in [3.8, 4) is 0 Å². The standard InChI is InChI=1S/C15H13F2IO/c1-15(19,11-2-4-14(18)5-3-11)9-10-6-12(16)8-13(17)7-10/h2-8,19H,9H2,1H3. The molecule has 2 aromatic carbocycles. The van der Waals surface area contributed by atoms with E-state index in [1.165, 1.54) is 12.1 Å². The van der Waals surface area contributed by atoms with Gasteiger partial charge in [-0.2, -0.15) is 0 Å². The maximum Gasteiger partial charge on any atom is 0.126 e. The van der Waals surface area contributed by atoms with Gasteiger partial charge in [-0.05, 0) is 64.9 Å². The molecule has 1 atom stereocenters. The number of hydrogen-bond donors (Lipinski definition) is 1. The van der Waals surface area contributed by atoms with E-state index in [0.717, 1.165) is 15.2 Å². The van der Waals surface area contributed by atoms with E-state index in [1.54, 1.807) is 6.92 Å². The fourth-order valence-electron chi connectivity index (χ4n) is 2.02. The van der Waals surface area contributed by atoms with E-state index in [4.69, 9.17) is 0 Å². The Balaban J connectivity index is 2.27. The Morgan fingerprint density at radius 2 is 1.58 bits per heavy atom. The summed E-state index contributed by atoms with van der Waals surface area (Å²) in [5, 5.41) is 10.5. The zero-order valence-corrected chi connectivity index (χ0v) is 12.5. The molecule has 4 heteroatoms. The van der Waals surface area contributed by atoms with Crippen molar-refractivity contribution in [2.24, 2.45) is 0 Å². The highest BCUT2D eigenvalue weighted by atomic mass is 127. The van der Waals surface area contributed by atoms with Gasteiger partial charge in [0.2, 0.25) is 0 Å². The van der Waals surface area contributed by atoms with Gasteiger partial charge in [0.15, 0.2) is 0 Å². The highest BCUT2D eigenvalue weighted by molar-refractivity contribution is 14.1. The second kappa shape index (κ2) is 5.54. The molecular weight excluding hydrogens is 361 g/mol. The van der Waals surface area contributed by atoms with Gasteiger partial charge in [-0.15, -0.1) is 0 Å². The van der Waals surface area contributed by atoms with Crippen molar-refractivity contribution in [2.45, 2.75) is 18.9 Å². The van der Waals surface area contributed by atoms with Crippen molar-refractivity contribution < 1.29 is 13.9 Å². The number of rotatable bonds is 3. The van der Waals surface area contributed by atoms with Crippen molar-refractivity contribution in [3.63, 3.8) is 0 Å². The van der Waals surface area contributed by atoms with Crippen LogP contribution < -0.4 is 0 Å². The highest BCUT2D eigenvalue weighted by Crippen LogP contribution is 2.26. The smallest absolute Gasteiger partial charge is 0.126 e. The second-order valence-corrected chi connectivity index (χ2v) is 5.98. The Labute approximate surface area is 124 Å². The first-order chi connectivity index (χ1) is 8.87. The molecule has 0 spiro atoms. The Morgan fingerprint density at radius 1 is 1.05 bits per heavy atom. The molecule has 0 fully saturated rings. The summed E-state index contributed by atoms with van der Waals surface area (Å²) in [6.45, 7) is 1.64. The van der Waals surface area contributed by atoms with E-state index in [2.05, 4.69) is 22.6 Å². The fourth-order valence-corrected chi connectivity index (χ4v) is 2.38. The van der Waals surface area contributed by atoms with Gasteiger partial charge in [0, 0.05) is 16.1 Å². The Morgan fingerprint density at radius 3 is 2.11 bits per heavy atom. The second-order valence-electron chi connectivity index (χ2n) is 4.74. The van der Waals surface area contributed by atoms with Crippen LogP contribution in [0.3, 0.4) is 0 Å². The Hall–Kier alpha value is -1.01. The van der Waals surface area contributed by atoms with Crippen LogP contribution in [-0.4, -0.2) is 5.11 Å². The van der Waals surface area contributed by atoms with Crippen molar-refractivity contribution in [1.82, 2.24) is 0 Å². The van der Waals surface area contributed by atoms with Crippen LogP contribution in [-0.2, 0) is 12.0 Å². The van der Waals surface area contributed by atoms with Crippen LogP contribution in [0.1, 0.15) is 18.1 Å². The maximum atomic E-state index is 13.1. The zero-order valence-electron chi connectivity index (χ0n) is 10.3. The molecule has 1 nitrogen and oxygen atoms in total. The Bertz CT molecular complexity index is 559. The van der Waals surface area contributed by atoms with Crippen molar-refractivity contribution in [3.05, 3.63) is 68.8 Å². The molecule has 0 amide bonds. The molecule has 0 aliphatic carbocycles. The summed E-state index contributed by atoms with van der Waals surface area (Å²) in [4.78, 5) is 0. The first-order valence-electron chi connectivity index (χ1n) is 5.80. The summed E-state index contributed by atoms with van der Waals surface area (Å²) in [6, 6.07) is 10.7. The third kappa shape index (κ3) is 3.73. The van der Waals surface area contributed by atoms with Crippen LogP contribution in [0, 0.1) is 15.2 Å². The molecule has 0 saturated carbocycles. The largest absolute Gasteiger partial charge is 0.385 e. The van der Waals surface area contributed by atoms with Crippen LogP contribution in [0.4, 0.5) is 8.78 Å². The lowest BCUT2D eigenvalue weighted by Crippen LogP contribution is -2.24. The van der Waals surface area contributed by atoms with Gasteiger partial charge in [-0.1, -0.05) is 12.1 Å². The average Bonchev–Trinajstić information content (AvgIpc) is 2.27. The number of halogens is 3. The van der Waals surface area contributed by atoms with Gasteiger partial charge in [0.25, 0.3) is 0 Å². The molecule has 2 rings (SSSR count). The van der Waals surface area contributed by atoms with Crippen molar-refractivity contribution in [1.29, 1.82) is 0 Å². The number of aliphatic hydroxyl groups is 1. The van der Waals surface area contributed by atoms with E-state index in [-0.39, 0.29) is 6.42 Å². The SMILES string of the molecule is CC(O)(Cc1cc(F)cc(F)c1)c1ccc(I)cc1. The summed E-state index contributed by atoms with van der Waals surface area (Å²) in [6.07, 6.45) is 0.155. The van der Waals surface area contributed by atoms with Crippen LogP contribution >= 0.6 is 22.6 Å². The van der Waals surface area contributed by atoms with Gasteiger partial charge in [-0.25, -0.2) is 8.78 Å². The first kappa shape index (κ1) is 14.4. The van der Waals surface area contributed by atoms with E-state index in [9.17, 15) is 13.9 Å². The monoisotopic (exact) mass is 374 g/mol. The van der Waals surface area contributed by atoms with E-state index in [1.807, 2.05) is 24.3 Å². The van der Waals surface area contributed by atoms with Gasteiger partial charge < -0.3 is 5.11 Å². The topological polar surface area (TPSA) is 20.2 Å². The predicted octanol–water partition coefficient (Wildman–Crippen LogP) is 4.02. The van der Waals surface area contributed by atoms with Crippen LogP contribution in [0.5, 0.6) is 0 Å². The summed E-state index contributed by atoms with van der Waals surface area (Å²) >= 11 is 2.18. The average molecular weight is 374 g/mol. The molecule has 100 valence electrons. The molecule has 0 aliphatic heterocycles. The van der Waals surface area contributed by atoms with Crippen LogP contribution in [0.2, 0.25) is 0 Å². The van der Waals surface area contributed by atoms with E-state index in [0.29, 0.717) is 5.56 Å². The normalized spacial score (nSPS) is 14.2. The third-order valence-corrected chi connectivity index (χ3v) is 3.66. The minimum absolute atomic E-state index is 0.155. The molecule has 0 radical (unpaired) electrons. The van der Waals surface area contributed by atoms with Gasteiger partial charge >= 0.3 is 0 Å². The highest BCUT2D eigenvalue weighted by Gasteiger charge is 2.24. The van der Waals surface area contributed by atoms with Gasteiger partial charge in [-0.3, -0.25) is 0 Å². The molecule has 0 saturated heterocycles. The molecular formula is C15H13F2IO. The lowest BCUT2D eigenvalue weighted by molar-refractivity contribution is 0.0575. The maximum absolute atomic E-state index is 13.1. The Kier molecular flexibility index (Phi) is 4.20. The molecule has 0 aliphatic rings. The lowest BCUT2D eigenvalue weighted by atomic mass is 9.89. The van der Waals surface area contributed by atoms with Gasteiger partial charge in [0.1, 0.15) is 11.6 Å². The molecule has 1 N–H and O–H groups in total. The molecule has 1 unspecified atom stereocenters. The molecule has 0 bridgehead atoms. The molecule has 19 heavy (non-hydrogen) atoms. The summed E-state index contributed by atoms with van der Waals surface area (Å²) in [5.41, 5.74) is -0.0106. The van der Waals surface area contributed by atoms with Crippen LogP contribution in [0.15, 0.2) is 42.5 Å². The lowest BCUT2D eigenvalue weighted by Gasteiger charge is -2.24. The predicted molar refractivity (Wildman–Crippen MR) is 78.8 cm³/mol. The number of hydrogen-bond acceptors (Lipinski definition) is 1. The summed E-state index contributed by atoms with van der Waals surface area (Å²) in [5.74, 6) is -1.26. The van der Waals surface area contributed by atoms with Crippen molar-refractivity contribution >= 4 is 22.6 Å². The molecule has 0 aromatic heterocycles. The minimum Gasteiger partial charge on any atom is -0.385 e. The summed E-state index contributed by atoms with van der Waals surface area (Å²) < 4.78 is 27.3. The van der Waals surface area contributed by atoms with E-state index < -0.39 is 17.2 Å². The van der Waals surface area contributed by atoms with Crippen molar-refractivity contribution in [2.75, 3.05) is 0 Å². The van der Waals surface area contributed by atoms with E-state index >= 15 is 0 Å². The van der Waals surface area contributed by atoms with Crippen LogP contribution in [0.25, 0.3) is 0 Å². The zero-order chi connectivity index (χ0) is 14.0. The third-order valence-electron chi connectivity index (χ3n) is 2.94. The molecule has 0 heterocycles. The molecule has 2 aromatic rings. The quantitative estimate of drug-likeness (QED) is 0.805. The minimum atomic E-state index is -1.16. The number of benzene rings is 2. The van der Waals surface area contributed by atoms with Gasteiger partial charge in [0.05, 0.1) is 5.60 Å². The fraction of sp³-hybridized carbons (Fsp3) is 0.200. The first-order valence-corrected chi connectivity index (χ1v) is 6.88.